The SMILES string of the molecule is Cc1nc(Br)ccc1NS(=O)(=O)c1ccc(=O)[nH]c1. The number of anilines is 1. The molecule has 0 atom stereocenters. The number of nitrogens with one attached hydrogen (secondary N) is 2. The third-order valence-electron chi connectivity index (χ3n) is 2.36. The molecule has 6 nitrogen and oxygen atoms in total. The molecule has 0 aliphatic carbocycles. The Labute approximate surface area is 118 Å². The van der Waals surface area contributed by atoms with Crippen LogP contribution in [-0.2, 0) is 10.0 Å². The predicted molar refractivity (Wildman–Crippen MR) is 74.5 cm³/mol. The van der Waals surface area contributed by atoms with Crippen LogP contribution in [0.15, 0.2) is 44.8 Å². The van der Waals surface area contributed by atoms with Gasteiger partial charge in [-0.2, -0.15) is 0 Å². The van der Waals surface area contributed by atoms with Crippen LogP contribution in [0.2, 0.25) is 0 Å². The number of nitrogens with zero attached hydrogens (tertiary/aromatic N) is 1. The average Bonchev–Trinajstić information content (AvgIpc) is 2.33. The number of sulfonamides is 1. The number of pyridine rings is 2. The van der Waals surface area contributed by atoms with E-state index in [0.29, 0.717) is 16.0 Å². The van der Waals surface area contributed by atoms with Gasteiger partial charge in [-0.15, -0.1) is 0 Å². The first-order chi connectivity index (χ1) is 8.88. The van der Waals surface area contributed by atoms with Crippen LogP contribution in [0.1, 0.15) is 5.69 Å². The minimum absolute atomic E-state index is 0.0191. The van der Waals surface area contributed by atoms with Crippen molar-refractivity contribution in [1.29, 1.82) is 0 Å². The Bertz CT molecular complexity index is 751. The molecule has 0 saturated heterocycles. The molecule has 0 fully saturated rings. The van der Waals surface area contributed by atoms with Gasteiger partial charge in [-0.05, 0) is 41.1 Å². The first-order valence-electron chi connectivity index (χ1n) is 5.23. The number of H-pyrrole nitrogens is 1. The van der Waals surface area contributed by atoms with Gasteiger partial charge < -0.3 is 4.98 Å². The summed E-state index contributed by atoms with van der Waals surface area (Å²) >= 11 is 3.20. The maximum absolute atomic E-state index is 12.1. The molecule has 0 aliphatic heterocycles. The van der Waals surface area contributed by atoms with E-state index in [1.54, 1.807) is 19.1 Å². The molecule has 0 radical (unpaired) electrons. The van der Waals surface area contributed by atoms with Crippen molar-refractivity contribution in [3.63, 3.8) is 0 Å². The van der Waals surface area contributed by atoms with Crippen molar-refractivity contribution < 1.29 is 8.42 Å². The summed E-state index contributed by atoms with van der Waals surface area (Å²) in [5.41, 5.74) is 0.567. The second kappa shape index (κ2) is 5.14. The Morgan fingerprint density at radius 3 is 2.58 bits per heavy atom. The van der Waals surface area contributed by atoms with Gasteiger partial charge in [0.2, 0.25) is 5.56 Å². The second-order valence-corrected chi connectivity index (χ2v) is 6.26. The van der Waals surface area contributed by atoms with Crippen LogP contribution in [0, 0.1) is 6.92 Å². The normalized spacial score (nSPS) is 11.3. The zero-order valence-electron chi connectivity index (χ0n) is 9.84. The van der Waals surface area contributed by atoms with Crippen molar-refractivity contribution in [1.82, 2.24) is 9.97 Å². The summed E-state index contributed by atoms with van der Waals surface area (Å²) in [7, 11) is -3.74. The summed E-state index contributed by atoms with van der Waals surface area (Å²) in [6.45, 7) is 1.69. The van der Waals surface area contributed by atoms with Crippen LogP contribution >= 0.6 is 15.9 Å². The molecule has 2 aromatic heterocycles. The van der Waals surface area contributed by atoms with Gasteiger partial charge in [0.1, 0.15) is 9.50 Å². The van der Waals surface area contributed by atoms with Gasteiger partial charge in [0, 0.05) is 12.3 Å². The highest BCUT2D eigenvalue weighted by atomic mass is 79.9. The number of hydrogen-bond donors (Lipinski definition) is 2. The van der Waals surface area contributed by atoms with Gasteiger partial charge in [-0.3, -0.25) is 9.52 Å². The molecule has 0 aromatic carbocycles. The fourth-order valence-corrected chi connectivity index (χ4v) is 2.89. The van der Waals surface area contributed by atoms with Crippen molar-refractivity contribution in [2.45, 2.75) is 11.8 Å². The first-order valence-corrected chi connectivity index (χ1v) is 7.51. The largest absolute Gasteiger partial charge is 0.328 e. The number of halogens is 1. The summed E-state index contributed by atoms with van der Waals surface area (Å²) in [5.74, 6) is 0. The number of aryl methyl sites for hydroxylation is 1. The zero-order valence-corrected chi connectivity index (χ0v) is 12.2. The van der Waals surface area contributed by atoms with Gasteiger partial charge in [0.05, 0.1) is 11.4 Å². The summed E-state index contributed by atoms with van der Waals surface area (Å²) in [5, 5.41) is 0. The molecule has 19 heavy (non-hydrogen) atoms. The topological polar surface area (TPSA) is 91.9 Å². The lowest BCUT2D eigenvalue weighted by molar-refractivity contribution is 0.600. The molecule has 0 saturated carbocycles. The molecule has 2 heterocycles. The highest BCUT2D eigenvalue weighted by Crippen LogP contribution is 2.19. The van der Waals surface area contributed by atoms with Crippen molar-refractivity contribution in [2.24, 2.45) is 0 Å². The van der Waals surface area contributed by atoms with E-state index in [1.807, 2.05) is 0 Å². The molecule has 0 unspecified atom stereocenters. The fourth-order valence-electron chi connectivity index (χ4n) is 1.41. The molecule has 0 spiro atoms. The van der Waals surface area contributed by atoms with Crippen molar-refractivity contribution in [3.05, 3.63) is 51.1 Å². The second-order valence-electron chi connectivity index (χ2n) is 3.76. The Kier molecular flexibility index (Phi) is 3.72. The minimum atomic E-state index is -3.74. The van der Waals surface area contributed by atoms with Crippen LogP contribution < -0.4 is 10.3 Å². The summed E-state index contributed by atoms with van der Waals surface area (Å²) < 4.78 is 27.2. The molecule has 8 heteroatoms. The van der Waals surface area contributed by atoms with Crippen LogP contribution in [0.4, 0.5) is 5.69 Å². The lowest BCUT2D eigenvalue weighted by Crippen LogP contribution is -2.16. The molecule has 0 bridgehead atoms. The van der Waals surface area contributed by atoms with E-state index in [9.17, 15) is 13.2 Å². The lowest BCUT2D eigenvalue weighted by atomic mass is 10.3. The highest BCUT2D eigenvalue weighted by molar-refractivity contribution is 9.10. The van der Waals surface area contributed by atoms with E-state index in [2.05, 4.69) is 30.6 Å². The van der Waals surface area contributed by atoms with Crippen LogP contribution in [0.3, 0.4) is 0 Å². The van der Waals surface area contributed by atoms with Gasteiger partial charge in [0.25, 0.3) is 10.0 Å². The summed E-state index contributed by atoms with van der Waals surface area (Å²) in [6, 6.07) is 5.64. The van der Waals surface area contributed by atoms with E-state index < -0.39 is 10.0 Å². The molecule has 0 amide bonds. The number of aromatic amines is 1. The fraction of sp³-hybridized carbons (Fsp3) is 0.0909. The maximum atomic E-state index is 12.1. The van der Waals surface area contributed by atoms with Crippen LogP contribution in [0.5, 0.6) is 0 Å². The van der Waals surface area contributed by atoms with E-state index in [4.69, 9.17) is 0 Å². The van der Waals surface area contributed by atoms with Crippen LogP contribution in [-0.4, -0.2) is 18.4 Å². The number of hydrogen-bond acceptors (Lipinski definition) is 4. The van der Waals surface area contributed by atoms with Gasteiger partial charge >= 0.3 is 0 Å². The van der Waals surface area contributed by atoms with Crippen molar-refractivity contribution >= 4 is 31.6 Å². The molecular weight excluding hydrogens is 334 g/mol. The molecule has 2 N–H and O–H groups in total. The standard InChI is InChI=1S/C11H10BrN3O3S/c1-7-9(3-4-10(12)14-7)15-19(17,18)8-2-5-11(16)13-6-8/h2-6,15H,1H3,(H,13,16). The van der Waals surface area contributed by atoms with Gasteiger partial charge in [-0.1, -0.05) is 0 Å². The molecule has 2 aromatic rings. The maximum Gasteiger partial charge on any atom is 0.263 e. The van der Waals surface area contributed by atoms with Crippen molar-refractivity contribution in [2.75, 3.05) is 4.72 Å². The number of rotatable bonds is 3. The third kappa shape index (κ3) is 3.21. The molecular formula is C11H10BrN3O3S. The monoisotopic (exact) mass is 343 g/mol. The number of aromatic nitrogens is 2. The van der Waals surface area contributed by atoms with E-state index in [1.165, 1.54) is 6.07 Å². The Balaban J connectivity index is 2.36. The average molecular weight is 344 g/mol. The first kappa shape index (κ1) is 13.8. The Morgan fingerprint density at radius 1 is 1.26 bits per heavy atom. The van der Waals surface area contributed by atoms with Crippen LogP contribution in [0.25, 0.3) is 0 Å². The molecule has 2 rings (SSSR count). The van der Waals surface area contributed by atoms with Gasteiger partial charge in [-0.25, -0.2) is 13.4 Å². The Morgan fingerprint density at radius 2 is 2.00 bits per heavy atom. The van der Waals surface area contributed by atoms with Crippen molar-refractivity contribution in [3.8, 4) is 0 Å². The molecule has 100 valence electrons. The minimum Gasteiger partial charge on any atom is -0.328 e. The smallest absolute Gasteiger partial charge is 0.263 e. The zero-order chi connectivity index (χ0) is 14.0. The lowest BCUT2D eigenvalue weighted by Gasteiger charge is -2.09. The van der Waals surface area contributed by atoms with E-state index in [0.717, 1.165) is 12.3 Å². The Hall–Kier alpha value is -1.67. The van der Waals surface area contributed by atoms with E-state index in [-0.39, 0.29) is 10.5 Å². The predicted octanol–water partition coefficient (Wildman–Crippen LogP) is 1.64. The summed E-state index contributed by atoms with van der Waals surface area (Å²) in [4.78, 5) is 17.3. The summed E-state index contributed by atoms with van der Waals surface area (Å²) in [6.07, 6.45) is 1.15. The molecule has 0 aliphatic rings. The highest BCUT2D eigenvalue weighted by Gasteiger charge is 2.15. The third-order valence-corrected chi connectivity index (χ3v) is 4.17. The van der Waals surface area contributed by atoms with Gasteiger partial charge in [0.15, 0.2) is 0 Å². The van der Waals surface area contributed by atoms with E-state index >= 15 is 0 Å². The quantitative estimate of drug-likeness (QED) is 0.828.